The van der Waals surface area contributed by atoms with Crippen LogP contribution in [0, 0.1) is 97.1 Å². The lowest BCUT2D eigenvalue weighted by Crippen LogP contribution is -2.21. The summed E-state index contributed by atoms with van der Waals surface area (Å²) in [6, 6.07) is 122. The molecule has 588 valence electrons. The van der Waals surface area contributed by atoms with E-state index >= 15 is 0 Å². The van der Waals surface area contributed by atoms with Crippen molar-refractivity contribution in [3.8, 4) is 0 Å². The highest BCUT2D eigenvalue weighted by molar-refractivity contribution is 5.84. The van der Waals surface area contributed by atoms with E-state index in [1.165, 1.54) is 25.7 Å². The Kier molecular flexibility index (Phi) is 28.9. The van der Waals surface area contributed by atoms with Gasteiger partial charge in [0.25, 0.3) is 0 Å². The highest BCUT2D eigenvalue weighted by atomic mass is 16.7. The molecule has 2 saturated heterocycles. The summed E-state index contributed by atoms with van der Waals surface area (Å²) in [5.74, 6) is 0. The highest BCUT2D eigenvalue weighted by Crippen LogP contribution is 2.23. The fourth-order valence-electron chi connectivity index (χ4n) is 13.7. The first-order valence-corrected chi connectivity index (χ1v) is 41.6. The fourth-order valence-corrected chi connectivity index (χ4v) is 13.7. The Morgan fingerprint density at radius 1 is 0.267 bits per heavy atom. The second-order valence-corrected chi connectivity index (χ2v) is 29.8. The van der Waals surface area contributed by atoms with Crippen LogP contribution in [0.2, 0.25) is 0 Å². The molecule has 12 heteroatoms. The van der Waals surface area contributed by atoms with Gasteiger partial charge in [0.15, 0.2) is 12.6 Å². The van der Waals surface area contributed by atoms with Crippen molar-refractivity contribution in [3.63, 3.8) is 0 Å². The smallest absolute Gasteiger partial charge is 0.158 e. The van der Waals surface area contributed by atoms with E-state index in [-0.39, 0.29) is 12.6 Å². The Hall–Kier alpha value is -13.5. The summed E-state index contributed by atoms with van der Waals surface area (Å²) < 4.78 is 36.8. The van der Waals surface area contributed by atoms with Crippen LogP contribution in [-0.4, -0.2) is 68.9 Å². The second-order valence-electron chi connectivity index (χ2n) is 29.8. The van der Waals surface area contributed by atoms with E-state index in [0.717, 1.165) is 173 Å². The van der Waals surface area contributed by atoms with E-state index in [2.05, 4.69) is 159 Å². The SMILES string of the molecule is CCCCCCOCc1cc2c#cc3ccc(c#cc4cc(COC5CCCCO5)cc(c#cc5ccc(nc5)c5cccc(n5)c5ccc(c#cc6cc(COC7CCCCO7)cc(c#cc7ccc(c#cc8cc(COCCCCCC)cc(c#cc9ccc(nc9)c9cccc(n9)c9ccc(c#cc(c1)c2)cn9)c8)cc7)c6)cn5)c4)cc3. The van der Waals surface area contributed by atoms with E-state index in [1.54, 1.807) is 24.8 Å². The molecule has 0 aliphatic carbocycles. The van der Waals surface area contributed by atoms with Crippen LogP contribution >= 0.6 is 0 Å². The summed E-state index contributed by atoms with van der Waals surface area (Å²) in [7, 11) is 0. The maximum Gasteiger partial charge on any atom is 0.158 e. The zero-order valence-corrected chi connectivity index (χ0v) is 67.8. The van der Waals surface area contributed by atoms with Gasteiger partial charge in [0.2, 0.25) is 0 Å². The number of hydrogen-bond donors (Lipinski definition) is 0. The van der Waals surface area contributed by atoms with Crippen LogP contribution in [0.1, 0.15) is 126 Å². The summed E-state index contributed by atoms with van der Waals surface area (Å²) in [6.45, 7) is 8.82. The number of benzene rings is 6. The molecule has 2 atom stereocenters. The third-order valence-electron chi connectivity index (χ3n) is 20.1. The summed E-state index contributed by atoms with van der Waals surface area (Å²) in [4.78, 5) is 29.4. The molecule has 24 bridgehead atoms. The van der Waals surface area contributed by atoms with Crippen LogP contribution in [0.5, 0.6) is 0 Å². The lowest BCUT2D eigenvalue weighted by molar-refractivity contribution is -0.169. The molecular formula is C108H90N6O6. The van der Waals surface area contributed by atoms with Gasteiger partial charge in [-0.3, -0.25) is 19.9 Å². The minimum atomic E-state index is -0.250. The van der Waals surface area contributed by atoms with Crippen molar-refractivity contribution >= 4 is 130 Å². The third kappa shape index (κ3) is 24.8. The van der Waals surface area contributed by atoms with Crippen LogP contribution in [0.3, 0.4) is 0 Å². The average molecular weight is 1570 g/mol. The van der Waals surface area contributed by atoms with Gasteiger partial charge in [-0.1, -0.05) is 162 Å². The van der Waals surface area contributed by atoms with Crippen molar-refractivity contribution < 1.29 is 28.4 Å². The van der Waals surface area contributed by atoms with Gasteiger partial charge in [-0.2, -0.15) is 0 Å². The Morgan fingerprint density at radius 2 is 0.525 bits per heavy atom. The Balaban J connectivity index is 0.787. The predicted octanol–water partition coefficient (Wildman–Crippen LogP) is 24.5. The summed E-state index contributed by atoms with van der Waals surface area (Å²) in [5, 5.41) is 12.9. The lowest BCUT2D eigenvalue weighted by atomic mass is 10.1. The monoisotopic (exact) mass is 1570 g/mol. The van der Waals surface area contributed by atoms with Gasteiger partial charge in [-0.15, -0.1) is 0 Å². The molecule has 16 aromatic heterocycles. The Labute approximate surface area is 703 Å². The molecule has 18 heterocycles. The van der Waals surface area contributed by atoms with Crippen molar-refractivity contribution in [2.75, 3.05) is 26.4 Å². The summed E-state index contributed by atoms with van der Waals surface area (Å²) in [6.07, 6.45) is 21.6. The van der Waals surface area contributed by atoms with E-state index in [9.17, 15) is 0 Å². The second kappa shape index (κ2) is 42.5. The molecule has 0 spiro atoms. The van der Waals surface area contributed by atoms with E-state index in [1.807, 2.05) is 158 Å². The maximum atomic E-state index is 6.28. The van der Waals surface area contributed by atoms with Gasteiger partial charge < -0.3 is 28.4 Å². The fraction of sp³-hybridized carbons (Fsp3) is 0.241. The van der Waals surface area contributed by atoms with Crippen LogP contribution in [0.25, 0.3) is 130 Å². The standard InChI is InChI=1S/C108H90N6O6/c1-3-5-7-11-55-115-75-95-63-87-39-31-79-23-27-81(28-24-79)33-41-89-61-93(69-97(67-89)77-119-107-21-9-13-57-117-107)45-37-85-49-53-101(111-73-85)105-19-16-20-106(114-105)102-54-50-86(74-112-102)38-46-94-62-90(68-98(70-94)78-120-108-22-10-14-58-118-108)42-34-82-29-25-80(26-30-82)32-40-88-60-92(66-96(64-88)76-116-56-12-8-6-4-2)44-36-84-48-52-100(110-72-84)104-18-15-17-103(113-104)99-51-47-83(71-109-99)35-43-91(59-87)65-95/h15-20,23-30,47-54,59-74,107-108H,3-14,21-22,55-58,75-78H2,1-2H3. The topological polar surface area (TPSA) is 133 Å². The van der Waals surface area contributed by atoms with E-state index in [0.29, 0.717) is 97.0 Å². The molecule has 0 N–H and O–H groups in total. The minimum absolute atomic E-state index is 0.250. The predicted molar refractivity (Wildman–Crippen MR) is 479 cm³/mol. The number of nitrogens with zero attached hydrogens (tertiary/aromatic N) is 6. The molecule has 120 heavy (non-hydrogen) atoms. The largest absolute Gasteiger partial charge is 0.377 e. The zero-order chi connectivity index (χ0) is 81.5. The molecular weight excluding hydrogens is 1480 g/mol. The Bertz CT molecular complexity index is 5950. The molecule has 12 nitrogen and oxygen atoms in total. The average Bonchev–Trinajstić information content (AvgIpc) is 0.828. The van der Waals surface area contributed by atoms with E-state index in [4.69, 9.17) is 58.3 Å². The summed E-state index contributed by atoms with van der Waals surface area (Å²) in [5.41, 5.74) is 9.57. The summed E-state index contributed by atoms with van der Waals surface area (Å²) >= 11 is 0. The van der Waals surface area contributed by atoms with Gasteiger partial charge in [-0.05, 0) is 268 Å². The first-order chi connectivity index (χ1) is 59.2. The van der Waals surface area contributed by atoms with Crippen molar-refractivity contribution in [2.45, 2.75) is 143 Å². The molecule has 0 radical (unpaired) electrons. The molecule has 22 aromatic rings. The number of hydrogen-bond acceptors (Lipinski definition) is 12. The minimum Gasteiger partial charge on any atom is -0.377 e. The Morgan fingerprint density at radius 3 is 0.775 bits per heavy atom. The highest BCUT2D eigenvalue weighted by Gasteiger charge is 2.16. The van der Waals surface area contributed by atoms with Crippen LogP contribution < -0.4 is 0 Å². The van der Waals surface area contributed by atoms with Crippen LogP contribution in [0.4, 0.5) is 0 Å². The van der Waals surface area contributed by atoms with Gasteiger partial charge in [0.05, 0.1) is 70.6 Å². The van der Waals surface area contributed by atoms with Crippen molar-refractivity contribution in [1.29, 1.82) is 0 Å². The molecule has 2 fully saturated rings. The third-order valence-corrected chi connectivity index (χ3v) is 20.1. The molecule has 2 aliphatic rings. The van der Waals surface area contributed by atoms with E-state index < -0.39 is 0 Å². The quantitative estimate of drug-likeness (QED) is 0.0673. The molecule has 2 aliphatic heterocycles. The molecule has 24 rings (SSSR count). The number of ether oxygens (including phenoxy) is 6. The van der Waals surface area contributed by atoms with Gasteiger partial charge >= 0.3 is 0 Å². The van der Waals surface area contributed by atoms with Crippen molar-refractivity contribution in [1.82, 2.24) is 29.9 Å². The lowest BCUT2D eigenvalue weighted by Gasteiger charge is -2.22. The zero-order valence-electron chi connectivity index (χ0n) is 67.8. The van der Waals surface area contributed by atoms with Gasteiger partial charge in [0.1, 0.15) is 0 Å². The first-order valence-electron chi connectivity index (χ1n) is 41.6. The van der Waals surface area contributed by atoms with Crippen LogP contribution in [0.15, 0.2) is 231 Å². The number of aromatic nitrogens is 6. The van der Waals surface area contributed by atoms with Gasteiger partial charge in [-0.25, -0.2) is 9.97 Å². The first kappa shape index (κ1) is 81.6. The number of unbranched alkanes of at least 4 members (excludes halogenated alkanes) is 6. The maximum absolute atomic E-state index is 6.28. The number of rotatable bonds is 20. The molecule has 0 saturated carbocycles. The molecule has 6 aromatic carbocycles. The van der Waals surface area contributed by atoms with Crippen molar-refractivity contribution in [3.05, 3.63) is 350 Å². The van der Waals surface area contributed by atoms with Crippen LogP contribution in [-0.2, 0) is 54.8 Å². The van der Waals surface area contributed by atoms with Crippen molar-refractivity contribution in [2.24, 2.45) is 0 Å². The molecule has 0 amide bonds. The normalized spacial score (nSPS) is 13.3. The van der Waals surface area contributed by atoms with Gasteiger partial charge in [0, 0.05) is 137 Å². The number of pyridine rings is 6. The molecule has 2 unspecified atom stereocenters.